The largest absolute Gasteiger partial charge is 0.493 e. The molecule has 0 unspecified atom stereocenters. The van der Waals surface area contributed by atoms with Gasteiger partial charge in [0.1, 0.15) is 5.75 Å². The van der Waals surface area contributed by atoms with E-state index in [0.717, 1.165) is 17.9 Å². The van der Waals surface area contributed by atoms with Gasteiger partial charge in [0.05, 0.1) is 25.6 Å². The summed E-state index contributed by atoms with van der Waals surface area (Å²) in [5.41, 5.74) is 0.706. The number of carbonyl (C=O) groups is 1. The molecule has 1 aliphatic rings. The number of halogens is 1. The average Bonchev–Trinajstić information content (AvgIpc) is 2.88. The second-order valence-corrected chi connectivity index (χ2v) is 7.16. The number of carbonyl (C=O) groups excluding carboxylic acids is 1. The van der Waals surface area contributed by atoms with E-state index < -0.39 is 0 Å². The normalized spacial score (nSPS) is 13.0. The van der Waals surface area contributed by atoms with Crippen molar-refractivity contribution in [2.24, 2.45) is 0 Å². The Morgan fingerprint density at radius 3 is 2.69 bits per heavy atom. The first-order valence-electron chi connectivity index (χ1n) is 8.36. The van der Waals surface area contributed by atoms with Crippen molar-refractivity contribution in [3.8, 4) is 17.2 Å². The highest BCUT2D eigenvalue weighted by Gasteiger charge is 2.11. The van der Waals surface area contributed by atoms with Gasteiger partial charge >= 0.3 is 0 Å². The summed E-state index contributed by atoms with van der Waals surface area (Å²) in [6.45, 7) is 1.80. The summed E-state index contributed by atoms with van der Waals surface area (Å²) >= 11 is 7.34. The van der Waals surface area contributed by atoms with Crippen molar-refractivity contribution in [1.29, 1.82) is 0 Å². The van der Waals surface area contributed by atoms with Crippen LogP contribution < -0.4 is 19.5 Å². The number of anilines is 1. The summed E-state index contributed by atoms with van der Waals surface area (Å²) < 4.78 is 16.8. The van der Waals surface area contributed by atoms with Gasteiger partial charge in [-0.25, -0.2) is 0 Å². The Morgan fingerprint density at radius 1 is 1.12 bits per heavy atom. The van der Waals surface area contributed by atoms with Gasteiger partial charge in [0.25, 0.3) is 0 Å². The smallest absolute Gasteiger partial charge is 0.234 e. The van der Waals surface area contributed by atoms with E-state index in [1.807, 2.05) is 24.3 Å². The Kier molecular flexibility index (Phi) is 6.91. The summed E-state index contributed by atoms with van der Waals surface area (Å²) in [6.07, 6.45) is 0.852. The molecule has 1 heterocycles. The predicted octanol–water partition coefficient (Wildman–Crippen LogP) is 4.25. The molecule has 26 heavy (non-hydrogen) atoms. The van der Waals surface area contributed by atoms with Crippen LogP contribution in [0.4, 0.5) is 5.69 Å². The number of ether oxygens (including phenoxy) is 3. The van der Waals surface area contributed by atoms with E-state index in [1.165, 1.54) is 11.8 Å². The molecule has 0 radical (unpaired) electrons. The van der Waals surface area contributed by atoms with E-state index in [9.17, 15) is 4.79 Å². The summed E-state index contributed by atoms with van der Waals surface area (Å²) in [6, 6.07) is 12.7. The van der Waals surface area contributed by atoms with Gasteiger partial charge in [-0.3, -0.25) is 4.79 Å². The Bertz CT molecular complexity index is 739. The lowest BCUT2D eigenvalue weighted by Gasteiger charge is -2.10. The van der Waals surface area contributed by atoms with E-state index >= 15 is 0 Å². The van der Waals surface area contributed by atoms with Crippen molar-refractivity contribution >= 4 is 35.0 Å². The minimum atomic E-state index is -0.0593. The van der Waals surface area contributed by atoms with Gasteiger partial charge < -0.3 is 19.5 Å². The van der Waals surface area contributed by atoms with Crippen LogP contribution in [-0.4, -0.2) is 37.2 Å². The first kappa shape index (κ1) is 18.7. The number of hydrogen-bond donors (Lipinski definition) is 1. The molecule has 2 aromatic carbocycles. The lowest BCUT2D eigenvalue weighted by atomic mass is 10.2. The Balaban J connectivity index is 1.37. The highest BCUT2D eigenvalue weighted by molar-refractivity contribution is 7.99. The summed E-state index contributed by atoms with van der Waals surface area (Å²) in [5, 5.41) is 3.56. The van der Waals surface area contributed by atoms with Crippen molar-refractivity contribution in [1.82, 2.24) is 0 Å². The fourth-order valence-electron chi connectivity index (χ4n) is 2.35. The van der Waals surface area contributed by atoms with Gasteiger partial charge in [-0.2, -0.15) is 0 Å². The molecular formula is C19H20ClNO4S. The number of benzene rings is 2. The number of amides is 1. The van der Waals surface area contributed by atoms with Crippen molar-refractivity contribution in [2.75, 3.05) is 36.6 Å². The number of fused-ring (bicyclic) bond motifs is 1. The molecule has 1 amide bonds. The zero-order valence-electron chi connectivity index (χ0n) is 14.2. The van der Waals surface area contributed by atoms with Gasteiger partial charge in [-0.1, -0.05) is 11.6 Å². The predicted molar refractivity (Wildman–Crippen MR) is 105 cm³/mol. The first-order chi connectivity index (χ1) is 12.7. The molecule has 0 fully saturated rings. The Morgan fingerprint density at radius 2 is 1.88 bits per heavy atom. The summed E-state index contributed by atoms with van der Waals surface area (Å²) in [4.78, 5) is 12.1. The van der Waals surface area contributed by atoms with Crippen LogP contribution >= 0.6 is 23.4 Å². The van der Waals surface area contributed by atoms with Crippen molar-refractivity contribution < 1.29 is 19.0 Å². The molecule has 1 N–H and O–H groups in total. The number of hydrogen-bond acceptors (Lipinski definition) is 5. The average molecular weight is 394 g/mol. The van der Waals surface area contributed by atoms with Crippen LogP contribution in [0.1, 0.15) is 6.42 Å². The highest BCUT2D eigenvalue weighted by Crippen LogP contribution is 2.32. The van der Waals surface area contributed by atoms with Crippen molar-refractivity contribution in [3.63, 3.8) is 0 Å². The van der Waals surface area contributed by atoms with E-state index in [0.29, 0.717) is 47.8 Å². The second-order valence-electron chi connectivity index (χ2n) is 5.62. The van der Waals surface area contributed by atoms with Crippen LogP contribution in [-0.2, 0) is 4.79 Å². The maximum absolute atomic E-state index is 12.1. The lowest BCUT2D eigenvalue weighted by molar-refractivity contribution is -0.113. The quantitative estimate of drug-likeness (QED) is 0.712. The standard InChI is InChI=1S/C19H20ClNO4S/c20-14-2-5-16(6-3-14)23-10-11-26-13-19(22)21-15-4-7-17-18(12-15)25-9-1-8-24-17/h2-7,12H,1,8-11,13H2,(H,21,22). The zero-order valence-corrected chi connectivity index (χ0v) is 15.8. The minimum absolute atomic E-state index is 0.0593. The molecular weight excluding hydrogens is 374 g/mol. The van der Waals surface area contributed by atoms with E-state index in [1.54, 1.807) is 18.2 Å². The molecule has 138 valence electrons. The van der Waals surface area contributed by atoms with Gasteiger partial charge in [-0.05, 0) is 36.4 Å². The van der Waals surface area contributed by atoms with Crippen LogP contribution in [0.25, 0.3) is 0 Å². The number of thioether (sulfide) groups is 1. The number of nitrogens with one attached hydrogen (secondary N) is 1. The molecule has 0 saturated heterocycles. The van der Waals surface area contributed by atoms with E-state index in [2.05, 4.69) is 5.32 Å². The zero-order chi connectivity index (χ0) is 18.2. The molecule has 2 aromatic rings. The maximum Gasteiger partial charge on any atom is 0.234 e. The van der Waals surface area contributed by atoms with Crippen LogP contribution in [0, 0.1) is 0 Å². The Hall–Kier alpha value is -2.05. The third kappa shape index (κ3) is 5.75. The second kappa shape index (κ2) is 9.59. The molecule has 5 nitrogen and oxygen atoms in total. The molecule has 0 aliphatic carbocycles. The Labute approximate surface area is 162 Å². The fourth-order valence-corrected chi connectivity index (χ4v) is 3.08. The van der Waals surface area contributed by atoms with Crippen LogP contribution in [0.5, 0.6) is 17.2 Å². The minimum Gasteiger partial charge on any atom is -0.493 e. The SMILES string of the molecule is O=C(CSCCOc1ccc(Cl)cc1)Nc1ccc2c(c1)OCCCO2. The van der Waals surface area contributed by atoms with Crippen LogP contribution in [0.15, 0.2) is 42.5 Å². The molecule has 0 bridgehead atoms. The summed E-state index contributed by atoms with van der Waals surface area (Å²) in [7, 11) is 0. The van der Waals surface area contributed by atoms with Gasteiger partial charge in [-0.15, -0.1) is 11.8 Å². The summed E-state index contributed by atoms with van der Waals surface area (Å²) in [5.74, 6) is 3.18. The molecule has 7 heteroatoms. The van der Waals surface area contributed by atoms with Crippen molar-refractivity contribution in [3.05, 3.63) is 47.5 Å². The van der Waals surface area contributed by atoms with Crippen LogP contribution in [0.2, 0.25) is 5.02 Å². The van der Waals surface area contributed by atoms with E-state index in [-0.39, 0.29) is 5.91 Å². The molecule has 0 saturated carbocycles. The van der Waals surface area contributed by atoms with Gasteiger partial charge in [0.15, 0.2) is 11.5 Å². The monoisotopic (exact) mass is 393 g/mol. The van der Waals surface area contributed by atoms with E-state index in [4.69, 9.17) is 25.8 Å². The molecule has 0 aromatic heterocycles. The topological polar surface area (TPSA) is 56.8 Å². The van der Waals surface area contributed by atoms with Gasteiger partial charge in [0.2, 0.25) is 5.91 Å². The molecule has 1 aliphatic heterocycles. The fraction of sp³-hybridized carbons (Fsp3) is 0.316. The molecule has 0 atom stereocenters. The molecule has 3 rings (SSSR count). The third-order valence-corrected chi connectivity index (χ3v) is 4.75. The van der Waals surface area contributed by atoms with Crippen molar-refractivity contribution in [2.45, 2.75) is 6.42 Å². The van der Waals surface area contributed by atoms with Gasteiger partial charge in [0, 0.05) is 29.0 Å². The third-order valence-electron chi connectivity index (χ3n) is 3.57. The lowest BCUT2D eigenvalue weighted by Crippen LogP contribution is -2.15. The maximum atomic E-state index is 12.1. The molecule has 0 spiro atoms. The first-order valence-corrected chi connectivity index (χ1v) is 9.89. The van der Waals surface area contributed by atoms with Crippen LogP contribution in [0.3, 0.4) is 0 Å². The highest BCUT2D eigenvalue weighted by atomic mass is 35.5. The number of rotatable bonds is 7.